The molecule has 0 saturated carbocycles. The molecule has 0 fully saturated rings. The Balaban J connectivity index is 1.55. The number of unbranched alkanes of at least 4 members (excludes halogenated alkanes) is 7. The second-order valence-corrected chi connectivity index (χ2v) is 9.10. The zero-order valence-electron chi connectivity index (χ0n) is 22.2. The lowest BCUT2D eigenvalue weighted by Crippen LogP contribution is -2.29. The van der Waals surface area contributed by atoms with Gasteiger partial charge >= 0.3 is 0 Å². The molecular weight excluding hydrogens is 488 g/mol. The number of ether oxygens (including phenoxy) is 3. The molecule has 2 aromatic heterocycles. The van der Waals surface area contributed by atoms with Crippen molar-refractivity contribution in [1.29, 1.82) is 0 Å². The summed E-state index contributed by atoms with van der Waals surface area (Å²) in [5, 5.41) is 10.2. The van der Waals surface area contributed by atoms with Gasteiger partial charge in [0, 0.05) is 24.4 Å². The van der Waals surface area contributed by atoms with Gasteiger partial charge in [-0.15, -0.1) is 0 Å². The molecular formula is C27H38N6O3S. The molecule has 0 amide bonds. The Morgan fingerprint density at radius 1 is 0.838 bits per heavy atom. The second-order valence-electron chi connectivity index (χ2n) is 8.69. The summed E-state index contributed by atoms with van der Waals surface area (Å²) >= 11 is 5.44. The minimum atomic E-state index is 0.494. The first-order valence-electron chi connectivity index (χ1n) is 12.8. The molecule has 2 heterocycles. The molecule has 3 rings (SSSR count). The van der Waals surface area contributed by atoms with E-state index in [1.165, 1.54) is 44.9 Å². The summed E-state index contributed by atoms with van der Waals surface area (Å²) in [5.74, 6) is 2.73. The van der Waals surface area contributed by atoms with Crippen LogP contribution in [0.5, 0.6) is 17.2 Å². The maximum atomic E-state index is 5.44. The largest absolute Gasteiger partial charge is 0.493 e. The number of anilines is 3. The van der Waals surface area contributed by atoms with E-state index >= 15 is 0 Å². The molecule has 10 heteroatoms. The van der Waals surface area contributed by atoms with Crippen molar-refractivity contribution in [2.24, 2.45) is 0 Å². The van der Waals surface area contributed by atoms with Crippen molar-refractivity contribution in [1.82, 2.24) is 20.3 Å². The van der Waals surface area contributed by atoms with Crippen molar-refractivity contribution in [3.05, 3.63) is 30.5 Å². The average molecular weight is 527 g/mol. The van der Waals surface area contributed by atoms with E-state index in [-0.39, 0.29) is 0 Å². The number of methoxy groups -OCH3 is 3. The van der Waals surface area contributed by atoms with Crippen LogP contribution in [0.4, 0.5) is 17.3 Å². The fourth-order valence-electron chi connectivity index (χ4n) is 3.95. The van der Waals surface area contributed by atoms with E-state index in [1.807, 2.05) is 12.1 Å². The third-order valence-corrected chi connectivity index (χ3v) is 6.15. The van der Waals surface area contributed by atoms with Crippen molar-refractivity contribution in [3.63, 3.8) is 0 Å². The number of nitrogens with one attached hydrogen (secondary N) is 3. The van der Waals surface area contributed by atoms with Gasteiger partial charge in [0.15, 0.2) is 28.1 Å². The molecule has 3 aromatic rings. The van der Waals surface area contributed by atoms with Crippen molar-refractivity contribution < 1.29 is 14.2 Å². The fourth-order valence-corrected chi connectivity index (χ4v) is 4.16. The molecule has 9 nitrogen and oxygen atoms in total. The average Bonchev–Trinajstić information content (AvgIpc) is 2.91. The molecule has 0 unspecified atom stereocenters. The van der Waals surface area contributed by atoms with Gasteiger partial charge in [-0.1, -0.05) is 51.9 Å². The van der Waals surface area contributed by atoms with Crippen molar-refractivity contribution >= 4 is 45.8 Å². The number of nitrogens with zero attached hydrogens (tertiary/aromatic N) is 3. The summed E-state index contributed by atoms with van der Waals surface area (Å²) in [4.78, 5) is 13.7. The number of aromatic nitrogens is 3. The number of rotatable bonds is 15. The summed E-state index contributed by atoms with van der Waals surface area (Å²) in [5.41, 5.74) is 1.89. The Morgan fingerprint density at radius 3 is 2.14 bits per heavy atom. The lowest BCUT2D eigenvalue weighted by molar-refractivity contribution is 0.324. The number of hydrogen-bond acceptors (Lipinski definition) is 8. The van der Waals surface area contributed by atoms with E-state index in [0.717, 1.165) is 13.0 Å². The number of pyridine rings is 1. The van der Waals surface area contributed by atoms with E-state index in [9.17, 15) is 0 Å². The second kappa shape index (κ2) is 15.0. The Kier molecular flexibility index (Phi) is 11.4. The highest BCUT2D eigenvalue weighted by Crippen LogP contribution is 2.40. The van der Waals surface area contributed by atoms with Crippen LogP contribution in [-0.4, -0.2) is 47.9 Å². The number of fused-ring (bicyclic) bond motifs is 1. The van der Waals surface area contributed by atoms with E-state index in [4.69, 9.17) is 26.4 Å². The van der Waals surface area contributed by atoms with E-state index in [1.54, 1.807) is 39.7 Å². The third kappa shape index (κ3) is 8.59. The smallest absolute Gasteiger partial charge is 0.203 e. The maximum Gasteiger partial charge on any atom is 0.203 e. The Bertz CT molecular complexity index is 1140. The molecule has 0 aliphatic heterocycles. The van der Waals surface area contributed by atoms with Gasteiger partial charge in [-0.3, -0.25) is 0 Å². The van der Waals surface area contributed by atoms with Crippen LogP contribution in [-0.2, 0) is 0 Å². The van der Waals surface area contributed by atoms with Crippen molar-refractivity contribution in [2.75, 3.05) is 38.5 Å². The maximum absolute atomic E-state index is 5.44. The highest BCUT2D eigenvalue weighted by Gasteiger charge is 2.14. The molecule has 200 valence electrons. The minimum Gasteiger partial charge on any atom is -0.493 e. The monoisotopic (exact) mass is 526 g/mol. The lowest BCUT2D eigenvalue weighted by atomic mass is 10.1. The molecule has 0 atom stereocenters. The van der Waals surface area contributed by atoms with E-state index in [2.05, 4.69) is 37.8 Å². The van der Waals surface area contributed by atoms with Crippen LogP contribution >= 0.6 is 12.2 Å². The first-order valence-corrected chi connectivity index (χ1v) is 13.2. The molecule has 3 N–H and O–H groups in total. The SMILES string of the molecule is CCCCCCCCCCNC(=S)Nc1ccc2ncc(Nc3cc(OC)c(OC)c(OC)c3)nc2n1. The van der Waals surface area contributed by atoms with Gasteiger partial charge in [0.1, 0.15) is 11.3 Å². The summed E-state index contributed by atoms with van der Waals surface area (Å²) in [6.45, 7) is 3.09. The molecule has 0 radical (unpaired) electrons. The van der Waals surface area contributed by atoms with Gasteiger partial charge in [-0.05, 0) is 30.8 Å². The Morgan fingerprint density at radius 2 is 1.49 bits per heavy atom. The molecule has 37 heavy (non-hydrogen) atoms. The summed E-state index contributed by atoms with van der Waals surface area (Å²) < 4.78 is 16.2. The van der Waals surface area contributed by atoms with Crippen LogP contribution in [0.15, 0.2) is 30.5 Å². The normalized spacial score (nSPS) is 10.7. The van der Waals surface area contributed by atoms with Crippen LogP contribution in [0.2, 0.25) is 0 Å². The summed E-state index contributed by atoms with van der Waals surface area (Å²) in [6.07, 6.45) is 11.9. The van der Waals surface area contributed by atoms with Gasteiger partial charge in [-0.2, -0.15) is 0 Å². The standard InChI is InChI=1S/C27H38N6O3S/c1-5-6-7-8-9-10-11-12-15-28-27(37)33-23-14-13-20-26(31-23)32-24(18-29-20)30-19-16-21(34-2)25(36-4)22(17-19)35-3/h13-14,16-18H,5-12,15H2,1-4H3,(H3,28,30,31,32,33,37). The molecule has 0 saturated heterocycles. The van der Waals surface area contributed by atoms with Gasteiger partial charge in [0.25, 0.3) is 0 Å². The first-order chi connectivity index (χ1) is 18.1. The van der Waals surface area contributed by atoms with E-state index in [0.29, 0.717) is 50.8 Å². The molecule has 1 aromatic carbocycles. The zero-order valence-corrected chi connectivity index (χ0v) is 23.0. The van der Waals surface area contributed by atoms with Crippen molar-refractivity contribution in [3.8, 4) is 17.2 Å². The van der Waals surface area contributed by atoms with Gasteiger partial charge in [-0.25, -0.2) is 15.0 Å². The number of hydrogen-bond donors (Lipinski definition) is 3. The van der Waals surface area contributed by atoms with Gasteiger partial charge < -0.3 is 30.2 Å². The number of benzene rings is 1. The van der Waals surface area contributed by atoms with Crippen LogP contribution in [0.25, 0.3) is 11.2 Å². The molecule has 0 aliphatic carbocycles. The first kappa shape index (κ1) is 28.2. The van der Waals surface area contributed by atoms with Crippen LogP contribution < -0.4 is 30.2 Å². The molecule has 0 spiro atoms. The van der Waals surface area contributed by atoms with Crippen molar-refractivity contribution in [2.45, 2.75) is 58.3 Å². The van der Waals surface area contributed by atoms with Crippen LogP contribution in [0.3, 0.4) is 0 Å². The summed E-state index contributed by atoms with van der Waals surface area (Å²) in [6, 6.07) is 7.31. The van der Waals surface area contributed by atoms with E-state index < -0.39 is 0 Å². The van der Waals surface area contributed by atoms with Gasteiger partial charge in [0.05, 0.1) is 27.5 Å². The topological polar surface area (TPSA) is 102 Å². The summed E-state index contributed by atoms with van der Waals surface area (Å²) in [7, 11) is 4.71. The fraction of sp³-hybridized carbons (Fsp3) is 0.481. The molecule has 0 bridgehead atoms. The Hall–Kier alpha value is -3.40. The quantitative estimate of drug-likeness (QED) is 0.156. The highest BCUT2D eigenvalue weighted by molar-refractivity contribution is 7.80. The molecule has 0 aliphatic rings. The highest BCUT2D eigenvalue weighted by atomic mass is 32.1. The lowest BCUT2D eigenvalue weighted by Gasteiger charge is -2.15. The van der Waals surface area contributed by atoms with Crippen LogP contribution in [0.1, 0.15) is 58.3 Å². The predicted octanol–water partition coefficient (Wildman–Crippen LogP) is 6.22. The van der Waals surface area contributed by atoms with Crippen LogP contribution in [0, 0.1) is 0 Å². The van der Waals surface area contributed by atoms with Gasteiger partial charge in [0.2, 0.25) is 5.75 Å². The Labute approximate surface area is 224 Å². The zero-order chi connectivity index (χ0) is 26.5. The predicted molar refractivity (Wildman–Crippen MR) is 154 cm³/mol. The number of thiocarbonyl (C=S) groups is 1. The third-order valence-electron chi connectivity index (χ3n) is 5.90. The minimum absolute atomic E-state index is 0.494.